The molecule has 5 aliphatic rings. The molecule has 0 aromatic heterocycles. The number of hydrogen-bond donors (Lipinski definition) is 0. The molecule has 4 saturated carbocycles. The van der Waals surface area contributed by atoms with Crippen molar-refractivity contribution >= 4 is 16.9 Å². The molecule has 5 rings (SSSR count). The first-order chi connectivity index (χ1) is 17.2. The van der Waals surface area contributed by atoms with Crippen molar-refractivity contribution in [1.82, 2.24) is 0 Å². The minimum absolute atomic E-state index is 0.362. The van der Waals surface area contributed by atoms with Gasteiger partial charge in [0.2, 0.25) is 0 Å². The van der Waals surface area contributed by atoms with Gasteiger partial charge in [-0.2, -0.15) is 0 Å². The van der Waals surface area contributed by atoms with Crippen LogP contribution in [0.2, 0.25) is 0 Å². The van der Waals surface area contributed by atoms with Crippen LogP contribution in [0, 0.1) is 52.3 Å². The Hall–Kier alpha value is -0.240. The van der Waals surface area contributed by atoms with Gasteiger partial charge >= 0.3 is 0 Å². The maximum atomic E-state index is 13.0. The van der Waals surface area contributed by atoms with E-state index in [1.165, 1.54) is 89.9 Å². The molecule has 0 amide bonds. The van der Waals surface area contributed by atoms with Gasteiger partial charge in [-0.15, -0.1) is 0 Å². The fourth-order valence-electron chi connectivity index (χ4n) is 10.4. The van der Waals surface area contributed by atoms with Crippen LogP contribution in [-0.2, 0) is 4.79 Å². The second kappa shape index (κ2) is 11.1. The van der Waals surface area contributed by atoms with Gasteiger partial charge in [0, 0.05) is 11.2 Å². The van der Waals surface area contributed by atoms with Crippen LogP contribution in [0.1, 0.15) is 137 Å². The molecular weight excluding hydrogens is 456 g/mol. The van der Waals surface area contributed by atoms with Crippen LogP contribution >= 0.6 is 11.8 Å². The molecule has 204 valence electrons. The summed E-state index contributed by atoms with van der Waals surface area (Å²) in [5.74, 6) is 5.82. The van der Waals surface area contributed by atoms with E-state index in [4.69, 9.17) is 0 Å². The predicted octanol–water partition coefficient (Wildman–Crippen LogP) is 10.2. The summed E-state index contributed by atoms with van der Waals surface area (Å²) in [4.78, 5) is 13.0. The van der Waals surface area contributed by atoms with E-state index >= 15 is 0 Å². The zero-order valence-corrected chi connectivity index (χ0v) is 25.1. The van der Waals surface area contributed by atoms with Crippen LogP contribution in [0.4, 0.5) is 0 Å². The summed E-state index contributed by atoms with van der Waals surface area (Å²) in [6, 6.07) is 0. The molecule has 0 heterocycles. The first-order valence-corrected chi connectivity index (χ1v) is 17.0. The van der Waals surface area contributed by atoms with E-state index in [1.54, 1.807) is 17.3 Å². The highest BCUT2D eigenvalue weighted by Gasteiger charge is 2.59. The van der Waals surface area contributed by atoms with Gasteiger partial charge in [0.05, 0.1) is 0 Å². The Kier molecular flexibility index (Phi) is 8.42. The van der Waals surface area contributed by atoms with Gasteiger partial charge in [-0.25, -0.2) is 0 Å². The first-order valence-electron chi connectivity index (χ1n) is 16.1. The molecule has 0 radical (unpaired) electrons. The van der Waals surface area contributed by atoms with Gasteiger partial charge in [0.25, 0.3) is 0 Å². The van der Waals surface area contributed by atoms with Gasteiger partial charge < -0.3 is 0 Å². The summed E-state index contributed by atoms with van der Waals surface area (Å²) >= 11 is 1.76. The fourth-order valence-corrected chi connectivity index (χ4v) is 11.6. The van der Waals surface area contributed by atoms with Crippen LogP contribution in [0.5, 0.6) is 0 Å². The molecule has 5 aliphatic carbocycles. The summed E-state index contributed by atoms with van der Waals surface area (Å²) in [7, 11) is 0. The van der Waals surface area contributed by atoms with Crippen molar-refractivity contribution in [3.63, 3.8) is 0 Å². The summed E-state index contributed by atoms with van der Waals surface area (Å²) in [5, 5.41) is 1.08. The van der Waals surface area contributed by atoms with Crippen molar-refractivity contribution in [3.8, 4) is 0 Å². The maximum absolute atomic E-state index is 13.0. The molecule has 8 atom stereocenters. The van der Waals surface area contributed by atoms with E-state index in [1.807, 2.05) is 0 Å². The van der Waals surface area contributed by atoms with E-state index < -0.39 is 0 Å². The molecule has 0 saturated heterocycles. The Morgan fingerprint density at radius 3 is 2.47 bits per heavy atom. The molecule has 0 bridgehead atoms. The lowest BCUT2D eigenvalue weighted by Gasteiger charge is -2.58. The highest BCUT2D eigenvalue weighted by Crippen LogP contribution is 2.67. The van der Waals surface area contributed by atoms with Crippen molar-refractivity contribution in [3.05, 3.63) is 11.6 Å². The van der Waals surface area contributed by atoms with Gasteiger partial charge in [-0.05, 0) is 111 Å². The Morgan fingerprint density at radius 2 is 1.72 bits per heavy atom. The molecule has 2 heteroatoms. The van der Waals surface area contributed by atoms with Crippen LogP contribution in [0.25, 0.3) is 0 Å². The lowest BCUT2D eigenvalue weighted by Crippen LogP contribution is -2.50. The Balaban J connectivity index is 1.23. The predicted molar refractivity (Wildman–Crippen MR) is 156 cm³/mol. The monoisotopic (exact) mass is 512 g/mol. The van der Waals surface area contributed by atoms with Gasteiger partial charge in [-0.1, -0.05) is 96.6 Å². The lowest BCUT2D eigenvalue weighted by molar-refractivity contribution is -0.115. The summed E-state index contributed by atoms with van der Waals surface area (Å²) in [6.45, 7) is 12.7. The highest BCUT2D eigenvalue weighted by atomic mass is 32.2. The van der Waals surface area contributed by atoms with E-state index in [2.05, 4.69) is 40.7 Å². The number of rotatable bonds is 7. The molecule has 0 aromatic rings. The van der Waals surface area contributed by atoms with Crippen molar-refractivity contribution < 1.29 is 4.79 Å². The third kappa shape index (κ3) is 5.16. The smallest absolute Gasteiger partial charge is 0.192 e. The third-order valence-corrected chi connectivity index (χ3v) is 13.8. The van der Waals surface area contributed by atoms with Gasteiger partial charge in [0.1, 0.15) is 0 Å². The molecule has 0 N–H and O–H groups in total. The molecule has 0 aromatic carbocycles. The molecule has 1 nitrogen and oxygen atoms in total. The van der Waals surface area contributed by atoms with Crippen LogP contribution in [0.15, 0.2) is 11.6 Å². The zero-order chi connectivity index (χ0) is 25.5. The Labute approximate surface area is 227 Å². The second-order valence-corrected chi connectivity index (χ2v) is 16.2. The molecular formula is C34H56OS. The minimum Gasteiger partial charge on any atom is -0.287 e. The van der Waals surface area contributed by atoms with E-state index in [9.17, 15) is 4.79 Å². The number of carbonyl (C=O) groups excluding carboxylic acids is 1. The standard InChI is InChI=1S/C34H56OS/c1-23(2)10-9-11-24(3)29-16-17-30-28-15-14-26-22-27(36-32(35)25-12-7-6-8-13-25)18-20-33(26,4)31(28)19-21-34(29,30)5/h14,23-25,27-31H,6-13,15-22H2,1-5H3/t24-,27-,28+,29-,30+,31+,33-,34-/m0/s1. The van der Waals surface area contributed by atoms with Crippen molar-refractivity contribution in [2.75, 3.05) is 0 Å². The second-order valence-electron chi connectivity index (χ2n) is 14.9. The Bertz CT molecular complexity index is 808. The number of thioether (sulfide) groups is 1. The van der Waals surface area contributed by atoms with Crippen molar-refractivity contribution in [2.45, 2.75) is 143 Å². The molecule has 4 fully saturated rings. The van der Waals surface area contributed by atoms with E-state index in [-0.39, 0.29) is 0 Å². The van der Waals surface area contributed by atoms with Crippen molar-refractivity contribution in [1.29, 1.82) is 0 Å². The number of allylic oxidation sites excluding steroid dienone is 2. The first kappa shape index (κ1) is 27.3. The topological polar surface area (TPSA) is 17.1 Å². The number of carbonyl (C=O) groups is 1. The fraction of sp³-hybridized carbons (Fsp3) is 0.912. The summed E-state index contributed by atoms with van der Waals surface area (Å²) < 4.78 is 0. The van der Waals surface area contributed by atoms with E-state index in [0.29, 0.717) is 27.1 Å². The third-order valence-electron chi connectivity index (χ3n) is 12.5. The average molecular weight is 513 g/mol. The minimum atomic E-state index is 0.362. The number of fused-ring (bicyclic) bond motifs is 5. The van der Waals surface area contributed by atoms with Crippen LogP contribution < -0.4 is 0 Å². The normalized spacial score (nSPS) is 41.8. The van der Waals surface area contributed by atoms with Crippen molar-refractivity contribution in [2.24, 2.45) is 52.3 Å². The molecule has 0 spiro atoms. The zero-order valence-electron chi connectivity index (χ0n) is 24.3. The SMILES string of the molecule is CC(C)CCC[C@H](C)[C@@H]1CC[C@@H]2[C@H]3CC=C4C[C@@H](SC(=O)C5CCCCC5)CC[C@]4(C)[C@@H]3CC[C@]21C. The molecule has 0 aliphatic heterocycles. The van der Waals surface area contributed by atoms with Gasteiger partial charge in [-0.3, -0.25) is 4.79 Å². The largest absolute Gasteiger partial charge is 0.287 e. The summed E-state index contributed by atoms with van der Waals surface area (Å²) in [5.41, 5.74) is 2.75. The van der Waals surface area contributed by atoms with Gasteiger partial charge in [0.15, 0.2) is 5.12 Å². The highest BCUT2D eigenvalue weighted by molar-refractivity contribution is 8.14. The lowest BCUT2D eigenvalue weighted by atomic mass is 9.47. The van der Waals surface area contributed by atoms with E-state index in [0.717, 1.165) is 48.3 Å². The Morgan fingerprint density at radius 1 is 0.944 bits per heavy atom. The maximum Gasteiger partial charge on any atom is 0.192 e. The van der Waals surface area contributed by atoms with Crippen LogP contribution in [-0.4, -0.2) is 10.4 Å². The van der Waals surface area contributed by atoms with Crippen LogP contribution in [0.3, 0.4) is 0 Å². The quantitative estimate of drug-likeness (QED) is 0.316. The summed E-state index contributed by atoms with van der Waals surface area (Å²) in [6.07, 6.45) is 24.2. The number of hydrogen-bond acceptors (Lipinski definition) is 2. The molecule has 36 heavy (non-hydrogen) atoms. The molecule has 0 unspecified atom stereocenters. The average Bonchev–Trinajstić information content (AvgIpc) is 3.22.